The number of aromatic hydroxyl groups is 1. The summed E-state index contributed by atoms with van der Waals surface area (Å²) in [5.74, 6) is 0.520. The number of nitrogens with zero attached hydrogens (tertiary/aromatic N) is 2. The van der Waals surface area contributed by atoms with E-state index < -0.39 is 0 Å². The topological polar surface area (TPSA) is 45.1 Å². The number of anilines is 1. The van der Waals surface area contributed by atoms with Gasteiger partial charge in [-0.25, -0.2) is 0 Å². The van der Waals surface area contributed by atoms with Crippen molar-refractivity contribution in [2.24, 2.45) is 4.99 Å². The monoisotopic (exact) mass is 466 g/mol. The second kappa shape index (κ2) is 8.23. The summed E-state index contributed by atoms with van der Waals surface area (Å²) in [6.45, 7) is 4.49. The summed E-state index contributed by atoms with van der Waals surface area (Å²) in [5.41, 5.74) is 2.62. The number of halogens is 2. The summed E-state index contributed by atoms with van der Waals surface area (Å²) in [7, 11) is 0. The quantitative estimate of drug-likeness (QED) is 0.576. The van der Waals surface area contributed by atoms with Crippen molar-refractivity contribution in [2.45, 2.75) is 19.8 Å². The fraction of sp³-hybridized carbons (Fsp3) is 0.316. The molecule has 132 valence electrons. The maximum absolute atomic E-state index is 10.5. The smallest absolute Gasteiger partial charge is 0.167 e. The van der Waals surface area contributed by atoms with Gasteiger partial charge in [-0.3, -0.25) is 4.99 Å². The van der Waals surface area contributed by atoms with Crippen LogP contribution in [0, 0.1) is 0 Å². The number of hydrogen-bond donors (Lipinski definition) is 1. The number of aliphatic imine (C=N–C) groups is 1. The Morgan fingerprint density at radius 3 is 2.68 bits per heavy atom. The highest BCUT2D eigenvalue weighted by atomic mass is 79.9. The second-order valence-electron chi connectivity index (χ2n) is 5.81. The molecule has 0 amide bonds. The summed E-state index contributed by atoms with van der Waals surface area (Å²) in [5, 5.41) is 10.5. The highest BCUT2D eigenvalue weighted by molar-refractivity contribution is 9.13. The van der Waals surface area contributed by atoms with Gasteiger partial charge in [0.2, 0.25) is 0 Å². The van der Waals surface area contributed by atoms with Gasteiger partial charge in [-0.05, 0) is 69.8 Å². The SMILES string of the molecule is CCOc1cc(Br)c(Br)c(C=Nc2ccccc2N2CCCC2)c1O. The van der Waals surface area contributed by atoms with Crippen molar-refractivity contribution >= 4 is 49.4 Å². The van der Waals surface area contributed by atoms with Gasteiger partial charge in [-0.15, -0.1) is 0 Å². The number of phenols is 1. The molecule has 0 atom stereocenters. The van der Waals surface area contributed by atoms with Gasteiger partial charge >= 0.3 is 0 Å². The molecular formula is C19H20Br2N2O2. The van der Waals surface area contributed by atoms with E-state index in [2.05, 4.69) is 47.8 Å². The van der Waals surface area contributed by atoms with Crippen LogP contribution in [0.5, 0.6) is 11.5 Å². The molecule has 2 aromatic rings. The first-order chi connectivity index (χ1) is 12.1. The summed E-state index contributed by atoms with van der Waals surface area (Å²) in [4.78, 5) is 7.01. The predicted octanol–water partition coefficient (Wildman–Crippen LogP) is 5.67. The first-order valence-electron chi connectivity index (χ1n) is 8.33. The van der Waals surface area contributed by atoms with Gasteiger partial charge in [0.15, 0.2) is 11.5 Å². The first kappa shape index (κ1) is 18.3. The van der Waals surface area contributed by atoms with Crippen molar-refractivity contribution in [3.05, 3.63) is 44.8 Å². The Morgan fingerprint density at radius 1 is 1.24 bits per heavy atom. The Hall–Kier alpha value is -1.53. The van der Waals surface area contributed by atoms with E-state index in [9.17, 15) is 5.11 Å². The molecule has 25 heavy (non-hydrogen) atoms. The van der Waals surface area contributed by atoms with E-state index in [0.717, 1.165) is 33.4 Å². The van der Waals surface area contributed by atoms with E-state index in [-0.39, 0.29) is 5.75 Å². The lowest BCUT2D eigenvalue weighted by atomic mass is 10.2. The molecule has 1 aliphatic heterocycles. The number of benzene rings is 2. The Morgan fingerprint density at radius 2 is 1.96 bits per heavy atom. The van der Waals surface area contributed by atoms with Crippen LogP contribution in [0.15, 0.2) is 44.3 Å². The standard InChI is InChI=1S/C19H20Br2N2O2/c1-2-25-17-11-14(20)18(21)13(19(17)24)12-22-15-7-3-4-8-16(15)23-9-5-6-10-23/h3-4,7-8,11-12,24H,2,5-6,9-10H2,1H3. The molecule has 1 heterocycles. The van der Waals surface area contributed by atoms with Gasteiger partial charge in [0.05, 0.1) is 23.5 Å². The van der Waals surface area contributed by atoms with Crippen LogP contribution >= 0.6 is 31.9 Å². The normalized spacial score (nSPS) is 14.4. The van der Waals surface area contributed by atoms with E-state index in [1.54, 1.807) is 12.3 Å². The van der Waals surface area contributed by atoms with Crippen LogP contribution in [-0.4, -0.2) is 31.0 Å². The van der Waals surface area contributed by atoms with Gasteiger partial charge in [0, 0.05) is 28.2 Å². The number of ether oxygens (including phenoxy) is 1. The molecule has 1 saturated heterocycles. The highest BCUT2D eigenvalue weighted by Gasteiger charge is 2.17. The fourth-order valence-corrected chi connectivity index (χ4v) is 3.75. The maximum atomic E-state index is 10.5. The molecule has 4 nitrogen and oxygen atoms in total. The molecule has 1 aliphatic rings. The average Bonchev–Trinajstić information content (AvgIpc) is 3.14. The fourth-order valence-electron chi connectivity index (χ4n) is 2.93. The molecule has 0 unspecified atom stereocenters. The van der Waals surface area contributed by atoms with E-state index in [1.165, 1.54) is 12.8 Å². The van der Waals surface area contributed by atoms with Crippen LogP contribution in [0.1, 0.15) is 25.3 Å². The van der Waals surface area contributed by atoms with Gasteiger partial charge < -0.3 is 14.7 Å². The maximum Gasteiger partial charge on any atom is 0.167 e. The number of para-hydroxylation sites is 2. The van der Waals surface area contributed by atoms with E-state index in [0.29, 0.717) is 17.9 Å². The average molecular weight is 468 g/mol. The van der Waals surface area contributed by atoms with Crippen LogP contribution in [0.2, 0.25) is 0 Å². The van der Waals surface area contributed by atoms with Crippen LogP contribution in [0.3, 0.4) is 0 Å². The minimum Gasteiger partial charge on any atom is -0.504 e. The number of hydrogen-bond acceptors (Lipinski definition) is 4. The number of rotatable bonds is 5. The minimum atomic E-state index is 0.0827. The largest absolute Gasteiger partial charge is 0.504 e. The summed E-state index contributed by atoms with van der Waals surface area (Å²) >= 11 is 7.00. The molecule has 0 radical (unpaired) electrons. The minimum absolute atomic E-state index is 0.0827. The third-order valence-electron chi connectivity index (χ3n) is 4.15. The summed E-state index contributed by atoms with van der Waals surface area (Å²) < 4.78 is 7.05. The Kier molecular flexibility index (Phi) is 6.02. The first-order valence-corrected chi connectivity index (χ1v) is 9.92. The molecular weight excluding hydrogens is 448 g/mol. The lowest BCUT2D eigenvalue weighted by Crippen LogP contribution is -2.17. The molecule has 1 fully saturated rings. The molecule has 0 aromatic heterocycles. The lowest BCUT2D eigenvalue weighted by molar-refractivity contribution is 0.317. The van der Waals surface area contributed by atoms with Crippen molar-refractivity contribution in [1.82, 2.24) is 0 Å². The van der Waals surface area contributed by atoms with Crippen molar-refractivity contribution in [3.63, 3.8) is 0 Å². The van der Waals surface area contributed by atoms with Crippen LogP contribution in [-0.2, 0) is 0 Å². The number of phenolic OH excluding ortho intramolecular Hbond substituents is 1. The molecule has 1 N–H and O–H groups in total. The molecule has 0 bridgehead atoms. The van der Waals surface area contributed by atoms with Crippen molar-refractivity contribution in [2.75, 3.05) is 24.6 Å². The van der Waals surface area contributed by atoms with E-state index in [1.807, 2.05) is 25.1 Å². The van der Waals surface area contributed by atoms with Gasteiger partial charge in [-0.2, -0.15) is 0 Å². The predicted molar refractivity (Wildman–Crippen MR) is 110 cm³/mol. The van der Waals surface area contributed by atoms with Crippen molar-refractivity contribution in [3.8, 4) is 11.5 Å². The van der Waals surface area contributed by atoms with Crippen molar-refractivity contribution < 1.29 is 9.84 Å². The summed E-state index contributed by atoms with van der Waals surface area (Å²) in [6.07, 6.45) is 4.11. The zero-order valence-electron chi connectivity index (χ0n) is 14.0. The zero-order valence-corrected chi connectivity index (χ0v) is 17.2. The second-order valence-corrected chi connectivity index (χ2v) is 7.45. The zero-order chi connectivity index (χ0) is 17.8. The third kappa shape index (κ3) is 4.01. The van der Waals surface area contributed by atoms with Crippen LogP contribution in [0.25, 0.3) is 0 Å². The molecule has 3 rings (SSSR count). The van der Waals surface area contributed by atoms with Gasteiger partial charge in [0.25, 0.3) is 0 Å². The molecule has 6 heteroatoms. The van der Waals surface area contributed by atoms with Gasteiger partial charge in [-0.1, -0.05) is 12.1 Å². The molecule has 0 saturated carbocycles. The molecule has 0 aliphatic carbocycles. The van der Waals surface area contributed by atoms with Crippen molar-refractivity contribution in [1.29, 1.82) is 0 Å². The van der Waals surface area contributed by atoms with E-state index >= 15 is 0 Å². The molecule has 2 aromatic carbocycles. The third-order valence-corrected chi connectivity index (χ3v) is 6.17. The Labute approximate surface area is 164 Å². The lowest BCUT2D eigenvalue weighted by Gasteiger charge is -2.19. The highest BCUT2D eigenvalue weighted by Crippen LogP contribution is 2.40. The summed E-state index contributed by atoms with van der Waals surface area (Å²) in [6, 6.07) is 9.86. The Balaban J connectivity index is 1.98. The van der Waals surface area contributed by atoms with Gasteiger partial charge in [0.1, 0.15) is 0 Å². The Bertz CT molecular complexity index is 787. The van der Waals surface area contributed by atoms with Crippen LogP contribution in [0.4, 0.5) is 11.4 Å². The molecule has 0 spiro atoms. The van der Waals surface area contributed by atoms with Crippen LogP contribution < -0.4 is 9.64 Å². The van der Waals surface area contributed by atoms with E-state index in [4.69, 9.17) is 4.74 Å².